The van der Waals surface area contributed by atoms with Crippen LogP contribution in [0, 0.1) is 5.92 Å². The van der Waals surface area contributed by atoms with Gasteiger partial charge in [-0.1, -0.05) is 33.1 Å². The highest BCUT2D eigenvalue weighted by atomic mass is 79.9. The van der Waals surface area contributed by atoms with Gasteiger partial charge in [0.15, 0.2) is 0 Å². The van der Waals surface area contributed by atoms with E-state index in [9.17, 15) is 9.59 Å². The Balaban J connectivity index is 2.72. The van der Waals surface area contributed by atoms with E-state index < -0.39 is 17.7 Å². The molecule has 0 aliphatic carbocycles. The number of carbonyl (C=O) groups is 2. The van der Waals surface area contributed by atoms with Crippen molar-refractivity contribution in [3.8, 4) is 0 Å². The Hall–Kier alpha value is -1.63. The maximum atomic E-state index is 12.6. The fourth-order valence-electron chi connectivity index (χ4n) is 2.27. The van der Waals surface area contributed by atoms with Crippen LogP contribution in [0.4, 0.5) is 10.5 Å². The van der Waals surface area contributed by atoms with E-state index in [1.165, 1.54) is 0 Å². The second-order valence-corrected chi connectivity index (χ2v) is 8.31. The number of halogens is 1. The molecule has 1 aromatic heterocycles. The van der Waals surface area contributed by atoms with Gasteiger partial charge in [-0.25, -0.2) is 9.78 Å². The Morgan fingerprint density at radius 1 is 1.27 bits per heavy atom. The SMILES string of the molecule is CCC(C)CCCC(NC(=O)OC(C)(C)C)C(=O)Nc1ccc(Br)nc1. The van der Waals surface area contributed by atoms with Gasteiger partial charge in [0.05, 0.1) is 11.9 Å². The van der Waals surface area contributed by atoms with Gasteiger partial charge < -0.3 is 15.4 Å². The molecule has 2 amide bonds. The predicted molar refractivity (Wildman–Crippen MR) is 107 cm³/mol. The van der Waals surface area contributed by atoms with Crippen LogP contribution in [0.15, 0.2) is 22.9 Å². The minimum Gasteiger partial charge on any atom is -0.444 e. The second-order valence-electron chi connectivity index (χ2n) is 7.50. The van der Waals surface area contributed by atoms with Crippen molar-refractivity contribution in [2.45, 2.75) is 71.9 Å². The lowest BCUT2D eigenvalue weighted by Crippen LogP contribution is -2.45. The number of hydrogen-bond donors (Lipinski definition) is 2. The van der Waals surface area contributed by atoms with Gasteiger partial charge in [0.2, 0.25) is 5.91 Å². The molecule has 0 aliphatic rings. The molecule has 146 valence electrons. The van der Waals surface area contributed by atoms with E-state index in [4.69, 9.17) is 4.74 Å². The molecule has 1 heterocycles. The largest absolute Gasteiger partial charge is 0.444 e. The molecule has 26 heavy (non-hydrogen) atoms. The third-order valence-electron chi connectivity index (χ3n) is 3.89. The van der Waals surface area contributed by atoms with Gasteiger partial charge in [-0.3, -0.25) is 4.79 Å². The number of hydrogen-bond acceptors (Lipinski definition) is 4. The van der Waals surface area contributed by atoms with E-state index >= 15 is 0 Å². The monoisotopic (exact) mass is 427 g/mol. The molecule has 2 N–H and O–H groups in total. The number of ether oxygens (including phenoxy) is 1. The second kappa shape index (κ2) is 10.5. The van der Waals surface area contributed by atoms with Gasteiger partial charge in [-0.15, -0.1) is 0 Å². The number of pyridine rings is 1. The first-order valence-electron chi connectivity index (χ1n) is 9.02. The molecule has 2 atom stereocenters. The summed E-state index contributed by atoms with van der Waals surface area (Å²) < 4.78 is 5.97. The molecular formula is C19H30BrN3O3. The number of nitrogens with zero attached hydrogens (tertiary/aromatic N) is 1. The molecule has 1 aromatic rings. The molecule has 2 unspecified atom stereocenters. The van der Waals surface area contributed by atoms with Gasteiger partial charge in [0, 0.05) is 0 Å². The van der Waals surface area contributed by atoms with Crippen LogP contribution in [0.25, 0.3) is 0 Å². The summed E-state index contributed by atoms with van der Waals surface area (Å²) in [5, 5.41) is 5.49. The lowest BCUT2D eigenvalue weighted by molar-refractivity contribution is -0.118. The van der Waals surface area contributed by atoms with Crippen LogP contribution in [0.5, 0.6) is 0 Å². The van der Waals surface area contributed by atoms with E-state index in [0.29, 0.717) is 22.6 Å². The first-order valence-corrected chi connectivity index (χ1v) is 9.82. The smallest absolute Gasteiger partial charge is 0.408 e. The van der Waals surface area contributed by atoms with E-state index in [0.717, 1.165) is 19.3 Å². The molecule has 1 rings (SSSR count). The molecule has 0 saturated heterocycles. The summed E-state index contributed by atoms with van der Waals surface area (Å²) >= 11 is 3.26. The fraction of sp³-hybridized carbons (Fsp3) is 0.632. The highest BCUT2D eigenvalue weighted by Crippen LogP contribution is 2.15. The standard InChI is InChI=1S/C19H30BrN3O3/c1-6-13(2)8-7-9-15(23-18(25)26-19(3,4)5)17(24)22-14-10-11-16(20)21-12-14/h10-13,15H,6-9H2,1-5H3,(H,22,24)(H,23,25). The number of carbonyl (C=O) groups excluding carboxylic acids is 2. The zero-order chi connectivity index (χ0) is 19.7. The van der Waals surface area contributed by atoms with E-state index in [1.807, 2.05) is 0 Å². The number of amides is 2. The lowest BCUT2D eigenvalue weighted by Gasteiger charge is -2.23. The number of nitrogens with one attached hydrogen (secondary N) is 2. The van der Waals surface area contributed by atoms with Crippen molar-refractivity contribution in [3.63, 3.8) is 0 Å². The Bertz CT molecular complexity index is 585. The molecule has 0 aliphatic heterocycles. The van der Waals surface area contributed by atoms with Crippen molar-refractivity contribution in [1.82, 2.24) is 10.3 Å². The minimum absolute atomic E-state index is 0.274. The molecule has 0 spiro atoms. The predicted octanol–water partition coefficient (Wildman–Crippen LogP) is 4.89. The number of anilines is 1. The summed E-state index contributed by atoms with van der Waals surface area (Å²) in [7, 11) is 0. The molecule has 0 saturated carbocycles. The summed E-state index contributed by atoms with van der Waals surface area (Å²) in [5.74, 6) is 0.319. The first kappa shape index (κ1) is 22.4. The molecule has 0 fully saturated rings. The topological polar surface area (TPSA) is 80.3 Å². The van der Waals surface area contributed by atoms with E-state index in [-0.39, 0.29) is 5.91 Å². The van der Waals surface area contributed by atoms with Crippen LogP contribution in [-0.2, 0) is 9.53 Å². The normalized spacial score (nSPS) is 13.6. The van der Waals surface area contributed by atoms with Crippen LogP contribution >= 0.6 is 15.9 Å². The third-order valence-corrected chi connectivity index (χ3v) is 4.36. The Morgan fingerprint density at radius 2 is 1.96 bits per heavy atom. The van der Waals surface area contributed by atoms with Crippen LogP contribution in [-0.4, -0.2) is 28.6 Å². The van der Waals surface area contributed by atoms with Gasteiger partial charge in [0.25, 0.3) is 0 Å². The molecule has 7 heteroatoms. The summed E-state index contributed by atoms with van der Waals surface area (Å²) in [4.78, 5) is 28.8. The molecule has 0 radical (unpaired) electrons. The molecule has 0 bridgehead atoms. The summed E-state index contributed by atoms with van der Waals surface area (Å²) in [6.45, 7) is 9.70. The van der Waals surface area contributed by atoms with Crippen molar-refractivity contribution in [3.05, 3.63) is 22.9 Å². The average molecular weight is 428 g/mol. The van der Waals surface area contributed by atoms with Crippen molar-refractivity contribution < 1.29 is 14.3 Å². The molecule has 0 aromatic carbocycles. The number of rotatable bonds is 8. The average Bonchev–Trinajstić information content (AvgIpc) is 2.54. The molecule has 6 nitrogen and oxygen atoms in total. The van der Waals surface area contributed by atoms with E-state index in [1.54, 1.807) is 39.1 Å². The maximum Gasteiger partial charge on any atom is 0.408 e. The van der Waals surface area contributed by atoms with Crippen molar-refractivity contribution in [2.24, 2.45) is 5.92 Å². The van der Waals surface area contributed by atoms with Crippen molar-refractivity contribution >= 4 is 33.6 Å². The zero-order valence-corrected chi connectivity index (χ0v) is 17.9. The number of aromatic nitrogens is 1. The highest BCUT2D eigenvalue weighted by Gasteiger charge is 2.24. The summed E-state index contributed by atoms with van der Waals surface area (Å²) in [6.07, 6.45) is 4.49. The molecular weight excluding hydrogens is 398 g/mol. The van der Waals surface area contributed by atoms with Gasteiger partial charge >= 0.3 is 6.09 Å². The summed E-state index contributed by atoms with van der Waals surface area (Å²) in [5.41, 5.74) is -0.0339. The lowest BCUT2D eigenvalue weighted by atomic mass is 9.99. The van der Waals surface area contributed by atoms with Crippen molar-refractivity contribution in [1.29, 1.82) is 0 Å². The Kier molecular flexibility index (Phi) is 9.05. The van der Waals surface area contributed by atoms with Crippen LogP contribution in [0.2, 0.25) is 0 Å². The quantitative estimate of drug-likeness (QED) is 0.578. The first-order chi connectivity index (χ1) is 12.1. The van der Waals surface area contributed by atoms with E-state index in [2.05, 4.69) is 45.4 Å². The zero-order valence-electron chi connectivity index (χ0n) is 16.3. The maximum absolute atomic E-state index is 12.6. The summed E-state index contributed by atoms with van der Waals surface area (Å²) in [6, 6.07) is 2.84. The highest BCUT2D eigenvalue weighted by molar-refractivity contribution is 9.10. The number of alkyl carbamates (subject to hydrolysis) is 1. The van der Waals surface area contributed by atoms with Gasteiger partial charge in [-0.2, -0.15) is 0 Å². The fourth-order valence-corrected chi connectivity index (χ4v) is 2.51. The Labute approximate surface area is 164 Å². The van der Waals surface area contributed by atoms with Crippen molar-refractivity contribution in [2.75, 3.05) is 5.32 Å². The van der Waals surface area contributed by atoms with Crippen LogP contribution < -0.4 is 10.6 Å². The van der Waals surface area contributed by atoms with Crippen LogP contribution in [0.1, 0.15) is 60.3 Å². The Morgan fingerprint density at radius 3 is 2.50 bits per heavy atom. The van der Waals surface area contributed by atoms with Crippen LogP contribution in [0.3, 0.4) is 0 Å². The van der Waals surface area contributed by atoms with Gasteiger partial charge in [0.1, 0.15) is 16.2 Å². The van der Waals surface area contributed by atoms with Gasteiger partial charge in [-0.05, 0) is 61.2 Å². The third kappa shape index (κ3) is 9.17. The minimum atomic E-state index is -0.655.